The van der Waals surface area contributed by atoms with Crippen LogP contribution in [0.4, 0.5) is 0 Å². The summed E-state index contributed by atoms with van der Waals surface area (Å²) < 4.78 is 3.94. The lowest BCUT2D eigenvalue weighted by Gasteiger charge is -2.26. The number of pyridine rings is 1. The molecule has 0 aliphatic heterocycles. The van der Waals surface area contributed by atoms with E-state index in [1.807, 2.05) is 53.3 Å². The Bertz CT molecular complexity index is 1660. The molecule has 1 fully saturated rings. The smallest absolute Gasteiger partial charge is 0.0985 e. The molecule has 3 aromatic heterocycles. The average molecular weight is 548 g/mol. The molecular formula is C35H41N5O. The van der Waals surface area contributed by atoms with E-state index < -0.39 is 6.10 Å². The molecule has 6 rings (SSSR count). The monoisotopic (exact) mass is 547 g/mol. The molecular weight excluding hydrogens is 506 g/mol. The lowest BCUT2D eigenvalue weighted by atomic mass is 9.81. The van der Waals surface area contributed by atoms with Crippen LogP contribution in [0.15, 0.2) is 66.9 Å². The Hall–Kier alpha value is -3.77. The van der Waals surface area contributed by atoms with E-state index in [2.05, 4.69) is 57.5 Å². The fourth-order valence-corrected chi connectivity index (χ4v) is 6.57. The van der Waals surface area contributed by atoms with Gasteiger partial charge < -0.3 is 5.11 Å². The molecule has 212 valence electrons. The lowest BCUT2D eigenvalue weighted by Crippen LogP contribution is -2.13. The fourth-order valence-electron chi connectivity index (χ4n) is 6.57. The van der Waals surface area contributed by atoms with Crippen molar-refractivity contribution in [1.82, 2.24) is 24.5 Å². The summed E-state index contributed by atoms with van der Waals surface area (Å²) in [5, 5.41) is 21.9. The summed E-state index contributed by atoms with van der Waals surface area (Å²) in [7, 11) is 0. The van der Waals surface area contributed by atoms with Crippen LogP contribution >= 0.6 is 0 Å². The summed E-state index contributed by atoms with van der Waals surface area (Å²) in [6.45, 7) is 11.5. The molecule has 0 bridgehead atoms. The van der Waals surface area contributed by atoms with Gasteiger partial charge in [-0.3, -0.25) is 9.67 Å². The molecule has 41 heavy (non-hydrogen) atoms. The van der Waals surface area contributed by atoms with Gasteiger partial charge in [-0.15, -0.1) is 0 Å². The molecule has 0 amide bonds. The number of rotatable bonds is 7. The molecule has 6 heteroatoms. The van der Waals surface area contributed by atoms with E-state index >= 15 is 0 Å². The van der Waals surface area contributed by atoms with E-state index in [0.29, 0.717) is 18.4 Å². The molecule has 2 aromatic carbocycles. The maximum absolute atomic E-state index is 10.8. The standard InChI is InChI=1S/C35H41N5O/c1-22(2)34-25(5)40(32-19-18-30(36-24(32)4)26-16-14-23(3)15-17-26)38-35(34)28-12-9-13-31-29(28)20-39(37-31)21-33(41)27-10-7-6-8-11-27/h6-13,18-20,22-23,26,33,41H,14-17,21H2,1-5H3. The van der Waals surface area contributed by atoms with Gasteiger partial charge in [0.1, 0.15) is 0 Å². The Labute approximate surface area is 243 Å². The first kappa shape index (κ1) is 27.4. The molecule has 3 heterocycles. The number of aliphatic hydroxyl groups excluding tert-OH is 1. The molecule has 5 aromatic rings. The van der Waals surface area contributed by atoms with Crippen LogP contribution in [-0.4, -0.2) is 29.7 Å². The van der Waals surface area contributed by atoms with Gasteiger partial charge in [0.05, 0.1) is 35.2 Å². The van der Waals surface area contributed by atoms with Crippen LogP contribution in [0.25, 0.3) is 27.8 Å². The minimum absolute atomic E-state index is 0.292. The topological polar surface area (TPSA) is 68.8 Å². The third kappa shape index (κ3) is 5.33. The van der Waals surface area contributed by atoms with Gasteiger partial charge in [0.15, 0.2) is 0 Å². The number of hydrogen-bond acceptors (Lipinski definition) is 4. The molecule has 1 atom stereocenters. The predicted molar refractivity (Wildman–Crippen MR) is 165 cm³/mol. The average Bonchev–Trinajstić information content (AvgIpc) is 3.54. The second kappa shape index (κ2) is 11.2. The van der Waals surface area contributed by atoms with Gasteiger partial charge in [0, 0.05) is 40.0 Å². The van der Waals surface area contributed by atoms with E-state index in [4.69, 9.17) is 15.2 Å². The zero-order chi connectivity index (χ0) is 28.7. The molecule has 1 saturated carbocycles. The largest absolute Gasteiger partial charge is 0.386 e. The van der Waals surface area contributed by atoms with Crippen molar-refractivity contribution in [2.45, 2.75) is 84.8 Å². The van der Waals surface area contributed by atoms with E-state index in [1.165, 1.54) is 36.9 Å². The Morgan fingerprint density at radius 2 is 1.66 bits per heavy atom. The summed E-state index contributed by atoms with van der Waals surface area (Å²) in [5.41, 5.74) is 9.49. The van der Waals surface area contributed by atoms with Gasteiger partial charge in [-0.1, -0.05) is 76.1 Å². The van der Waals surface area contributed by atoms with Gasteiger partial charge in [-0.2, -0.15) is 10.2 Å². The van der Waals surface area contributed by atoms with Crippen molar-refractivity contribution in [3.8, 4) is 16.9 Å². The highest BCUT2D eigenvalue weighted by Gasteiger charge is 2.25. The molecule has 0 saturated heterocycles. The highest BCUT2D eigenvalue weighted by Crippen LogP contribution is 2.38. The maximum atomic E-state index is 10.8. The number of fused-ring (bicyclic) bond motifs is 1. The Morgan fingerprint density at radius 1 is 0.902 bits per heavy atom. The highest BCUT2D eigenvalue weighted by molar-refractivity contribution is 5.94. The first-order chi connectivity index (χ1) is 19.8. The lowest BCUT2D eigenvalue weighted by molar-refractivity contribution is 0.152. The summed E-state index contributed by atoms with van der Waals surface area (Å²) >= 11 is 0. The Morgan fingerprint density at radius 3 is 2.37 bits per heavy atom. The van der Waals surface area contributed by atoms with Crippen molar-refractivity contribution in [3.63, 3.8) is 0 Å². The SMILES string of the molecule is Cc1nc(C2CCC(C)CC2)ccc1-n1nc(-c2cccc3nn(CC(O)c4ccccc4)cc23)c(C(C)C)c1C. The highest BCUT2D eigenvalue weighted by atomic mass is 16.3. The summed E-state index contributed by atoms with van der Waals surface area (Å²) in [4.78, 5) is 5.10. The van der Waals surface area contributed by atoms with Crippen LogP contribution in [0, 0.1) is 19.8 Å². The minimum atomic E-state index is -0.628. The molecule has 0 spiro atoms. The normalized spacial score (nSPS) is 18.3. The van der Waals surface area contributed by atoms with Crippen molar-refractivity contribution < 1.29 is 5.11 Å². The summed E-state index contributed by atoms with van der Waals surface area (Å²) in [6.07, 6.45) is 6.46. The Balaban J connectivity index is 1.37. The van der Waals surface area contributed by atoms with Gasteiger partial charge in [-0.05, 0) is 62.3 Å². The molecule has 1 aliphatic rings. The van der Waals surface area contributed by atoms with Crippen molar-refractivity contribution in [1.29, 1.82) is 0 Å². The van der Waals surface area contributed by atoms with Gasteiger partial charge in [0.25, 0.3) is 0 Å². The van der Waals surface area contributed by atoms with E-state index in [9.17, 15) is 5.11 Å². The predicted octanol–water partition coefficient (Wildman–Crippen LogP) is 8.05. The molecule has 1 aliphatic carbocycles. The third-order valence-electron chi connectivity index (χ3n) is 8.88. The van der Waals surface area contributed by atoms with Crippen LogP contribution in [0.1, 0.15) is 92.6 Å². The van der Waals surface area contributed by atoms with Crippen molar-refractivity contribution in [3.05, 3.63) is 95.1 Å². The molecule has 6 nitrogen and oxygen atoms in total. The number of hydrogen-bond donors (Lipinski definition) is 1. The first-order valence-electron chi connectivity index (χ1n) is 15.1. The van der Waals surface area contributed by atoms with Crippen LogP contribution in [0.2, 0.25) is 0 Å². The quantitative estimate of drug-likeness (QED) is 0.224. The third-order valence-corrected chi connectivity index (χ3v) is 8.88. The Kier molecular flexibility index (Phi) is 7.52. The number of aliphatic hydroxyl groups is 1. The van der Waals surface area contributed by atoms with Crippen LogP contribution in [0.5, 0.6) is 0 Å². The molecule has 0 radical (unpaired) electrons. The van der Waals surface area contributed by atoms with E-state index in [1.54, 1.807) is 0 Å². The zero-order valence-electron chi connectivity index (χ0n) is 24.9. The molecule has 1 N–H and O–H groups in total. The van der Waals surface area contributed by atoms with Gasteiger partial charge in [0.2, 0.25) is 0 Å². The number of benzene rings is 2. The van der Waals surface area contributed by atoms with Crippen molar-refractivity contribution in [2.75, 3.05) is 0 Å². The first-order valence-corrected chi connectivity index (χ1v) is 15.1. The second-order valence-electron chi connectivity index (χ2n) is 12.2. The maximum Gasteiger partial charge on any atom is 0.0985 e. The summed E-state index contributed by atoms with van der Waals surface area (Å²) in [5.74, 6) is 1.69. The number of aryl methyl sites for hydroxylation is 1. The van der Waals surface area contributed by atoms with Crippen molar-refractivity contribution >= 4 is 10.9 Å². The van der Waals surface area contributed by atoms with E-state index in [0.717, 1.165) is 50.7 Å². The second-order valence-corrected chi connectivity index (χ2v) is 12.2. The minimum Gasteiger partial charge on any atom is -0.386 e. The van der Waals surface area contributed by atoms with Crippen LogP contribution < -0.4 is 0 Å². The fraction of sp³-hybridized carbons (Fsp3) is 0.400. The van der Waals surface area contributed by atoms with Gasteiger partial charge in [-0.25, -0.2) is 4.68 Å². The van der Waals surface area contributed by atoms with Gasteiger partial charge >= 0.3 is 0 Å². The van der Waals surface area contributed by atoms with Crippen LogP contribution in [-0.2, 0) is 6.54 Å². The number of nitrogens with zero attached hydrogens (tertiary/aromatic N) is 5. The number of aromatic nitrogens is 5. The van der Waals surface area contributed by atoms with E-state index in [-0.39, 0.29) is 0 Å². The zero-order valence-corrected chi connectivity index (χ0v) is 24.9. The van der Waals surface area contributed by atoms with Crippen molar-refractivity contribution in [2.24, 2.45) is 5.92 Å². The summed E-state index contributed by atoms with van der Waals surface area (Å²) in [6, 6.07) is 20.4. The molecule has 1 unspecified atom stereocenters. The van der Waals surface area contributed by atoms with Crippen LogP contribution in [0.3, 0.4) is 0 Å².